The summed E-state index contributed by atoms with van der Waals surface area (Å²) in [6.45, 7) is 2.12. The second kappa shape index (κ2) is 6.12. The van der Waals surface area contributed by atoms with Gasteiger partial charge in [-0.25, -0.2) is 0 Å². The van der Waals surface area contributed by atoms with Crippen molar-refractivity contribution < 1.29 is 4.74 Å². The number of methoxy groups -OCH3 is 1. The molecule has 0 spiro atoms. The van der Waals surface area contributed by atoms with E-state index < -0.39 is 0 Å². The van der Waals surface area contributed by atoms with Crippen LogP contribution in [-0.4, -0.2) is 7.11 Å². The molecule has 0 unspecified atom stereocenters. The van der Waals surface area contributed by atoms with Crippen LogP contribution in [0.5, 0.6) is 5.75 Å². The number of nitrogen functional groups attached to an aromatic ring is 1. The Morgan fingerprint density at radius 3 is 2.45 bits per heavy atom. The van der Waals surface area contributed by atoms with Gasteiger partial charge in [-0.15, -0.1) is 0 Å². The van der Waals surface area contributed by atoms with Gasteiger partial charge in [0.1, 0.15) is 11.8 Å². The van der Waals surface area contributed by atoms with Gasteiger partial charge in [0.05, 0.1) is 18.4 Å². The smallest absolute Gasteiger partial charge is 0.118 e. The maximum atomic E-state index is 9.21. The number of aryl methyl sites for hydroxylation is 1. The number of benzene rings is 2. The summed E-state index contributed by atoms with van der Waals surface area (Å²) in [4.78, 5) is 0. The number of anilines is 1. The predicted octanol–water partition coefficient (Wildman–Crippen LogP) is 3.77. The fourth-order valence-corrected chi connectivity index (χ4v) is 2.25. The maximum absolute atomic E-state index is 9.21. The third-order valence-corrected chi connectivity index (χ3v) is 3.30. The molecule has 2 N–H and O–H groups in total. The van der Waals surface area contributed by atoms with E-state index in [0.29, 0.717) is 11.3 Å². The molecule has 0 aromatic heterocycles. The first-order valence-electron chi connectivity index (χ1n) is 6.66. The van der Waals surface area contributed by atoms with Crippen LogP contribution >= 0.6 is 0 Å². The van der Waals surface area contributed by atoms with E-state index in [-0.39, 0.29) is 0 Å². The van der Waals surface area contributed by atoms with Crippen molar-refractivity contribution in [3.05, 3.63) is 47.5 Å². The van der Waals surface area contributed by atoms with E-state index in [9.17, 15) is 5.26 Å². The highest BCUT2D eigenvalue weighted by molar-refractivity contribution is 5.81. The lowest BCUT2D eigenvalue weighted by Crippen LogP contribution is -1.97. The lowest BCUT2D eigenvalue weighted by atomic mass is 9.96. The monoisotopic (exact) mass is 266 g/mol. The van der Waals surface area contributed by atoms with E-state index in [1.807, 2.05) is 30.3 Å². The average Bonchev–Trinajstić information content (AvgIpc) is 2.49. The molecule has 3 heteroatoms. The SMILES string of the molecule is CCCc1cc(C#N)c(N)c(-c2ccc(OC)cc2)c1. The van der Waals surface area contributed by atoms with Gasteiger partial charge in [0, 0.05) is 5.56 Å². The summed E-state index contributed by atoms with van der Waals surface area (Å²) in [6.07, 6.45) is 1.98. The Bertz CT molecular complexity index is 639. The first-order valence-corrected chi connectivity index (χ1v) is 6.66. The van der Waals surface area contributed by atoms with Crippen molar-refractivity contribution >= 4 is 5.69 Å². The minimum Gasteiger partial charge on any atom is -0.497 e. The lowest BCUT2D eigenvalue weighted by molar-refractivity contribution is 0.415. The molecule has 0 heterocycles. The summed E-state index contributed by atoms with van der Waals surface area (Å²) in [5.41, 5.74) is 10.2. The second-order valence-electron chi connectivity index (χ2n) is 4.69. The van der Waals surface area contributed by atoms with Gasteiger partial charge < -0.3 is 10.5 Å². The third-order valence-electron chi connectivity index (χ3n) is 3.30. The molecule has 0 atom stereocenters. The highest BCUT2D eigenvalue weighted by atomic mass is 16.5. The van der Waals surface area contributed by atoms with E-state index >= 15 is 0 Å². The first kappa shape index (κ1) is 14.0. The van der Waals surface area contributed by atoms with Gasteiger partial charge in [-0.2, -0.15) is 5.26 Å². The zero-order valence-electron chi connectivity index (χ0n) is 11.8. The van der Waals surface area contributed by atoms with E-state index in [2.05, 4.69) is 19.1 Å². The number of nitrogens with zero attached hydrogens (tertiary/aromatic N) is 1. The van der Waals surface area contributed by atoms with Crippen LogP contribution < -0.4 is 10.5 Å². The van der Waals surface area contributed by atoms with Gasteiger partial charge >= 0.3 is 0 Å². The van der Waals surface area contributed by atoms with Gasteiger partial charge in [0.25, 0.3) is 0 Å². The van der Waals surface area contributed by atoms with E-state index in [0.717, 1.165) is 35.3 Å². The average molecular weight is 266 g/mol. The van der Waals surface area contributed by atoms with E-state index in [1.54, 1.807) is 7.11 Å². The fourth-order valence-electron chi connectivity index (χ4n) is 2.25. The van der Waals surface area contributed by atoms with Crippen LogP contribution in [0.4, 0.5) is 5.69 Å². The summed E-state index contributed by atoms with van der Waals surface area (Å²) >= 11 is 0. The zero-order valence-corrected chi connectivity index (χ0v) is 11.8. The van der Waals surface area contributed by atoms with Crippen LogP contribution in [-0.2, 0) is 6.42 Å². The minimum absolute atomic E-state index is 0.539. The summed E-state index contributed by atoms with van der Waals surface area (Å²) in [5, 5.41) is 9.21. The minimum atomic E-state index is 0.539. The molecule has 0 radical (unpaired) electrons. The summed E-state index contributed by atoms with van der Waals surface area (Å²) < 4.78 is 5.16. The number of nitrogens with two attached hydrogens (primary N) is 1. The van der Waals surface area contributed by atoms with Crippen LogP contribution in [0.3, 0.4) is 0 Å². The Morgan fingerprint density at radius 1 is 1.20 bits per heavy atom. The number of rotatable bonds is 4. The Labute approximate surface area is 119 Å². The van der Waals surface area contributed by atoms with Crippen molar-refractivity contribution in [2.24, 2.45) is 0 Å². The second-order valence-corrected chi connectivity index (χ2v) is 4.69. The van der Waals surface area contributed by atoms with Gasteiger partial charge in [0.2, 0.25) is 0 Å². The first-order chi connectivity index (χ1) is 9.69. The zero-order chi connectivity index (χ0) is 14.5. The molecule has 0 fully saturated rings. The molecule has 0 amide bonds. The standard InChI is InChI=1S/C17H18N2O/c1-3-4-12-9-14(11-18)17(19)16(10-12)13-5-7-15(20-2)8-6-13/h5-10H,3-4,19H2,1-2H3. The van der Waals surface area contributed by atoms with Crippen molar-refractivity contribution in [2.75, 3.05) is 12.8 Å². The number of nitriles is 1. The normalized spacial score (nSPS) is 10.1. The Balaban J connectivity index is 2.53. The molecule has 102 valence electrons. The molecule has 0 aliphatic heterocycles. The van der Waals surface area contributed by atoms with Crippen molar-refractivity contribution in [2.45, 2.75) is 19.8 Å². The summed E-state index contributed by atoms with van der Waals surface area (Å²) in [7, 11) is 1.64. The van der Waals surface area contributed by atoms with Crippen LogP contribution in [0.1, 0.15) is 24.5 Å². The van der Waals surface area contributed by atoms with Gasteiger partial charge in [-0.05, 0) is 41.8 Å². The molecular formula is C17H18N2O. The van der Waals surface area contributed by atoms with Gasteiger partial charge in [0.15, 0.2) is 0 Å². The van der Waals surface area contributed by atoms with Crippen molar-refractivity contribution in [1.82, 2.24) is 0 Å². The van der Waals surface area contributed by atoms with Crippen molar-refractivity contribution in [3.63, 3.8) is 0 Å². The van der Waals surface area contributed by atoms with Crippen LogP contribution in [0, 0.1) is 11.3 Å². The highest BCUT2D eigenvalue weighted by Crippen LogP contribution is 2.31. The van der Waals surface area contributed by atoms with Gasteiger partial charge in [-0.1, -0.05) is 25.5 Å². The molecule has 3 nitrogen and oxygen atoms in total. The molecular weight excluding hydrogens is 248 g/mol. The Hall–Kier alpha value is -2.47. The predicted molar refractivity (Wildman–Crippen MR) is 81.6 cm³/mol. The molecule has 0 saturated heterocycles. The molecule has 20 heavy (non-hydrogen) atoms. The number of ether oxygens (including phenoxy) is 1. The maximum Gasteiger partial charge on any atom is 0.118 e. The van der Waals surface area contributed by atoms with E-state index in [4.69, 9.17) is 10.5 Å². The molecule has 2 aromatic carbocycles. The van der Waals surface area contributed by atoms with Crippen molar-refractivity contribution in [3.8, 4) is 22.9 Å². The molecule has 2 aromatic rings. The number of hydrogen-bond acceptors (Lipinski definition) is 3. The van der Waals surface area contributed by atoms with E-state index in [1.165, 1.54) is 0 Å². The third kappa shape index (κ3) is 2.75. The fraction of sp³-hybridized carbons (Fsp3) is 0.235. The highest BCUT2D eigenvalue weighted by Gasteiger charge is 2.10. The van der Waals surface area contributed by atoms with Gasteiger partial charge in [-0.3, -0.25) is 0 Å². The summed E-state index contributed by atoms with van der Waals surface area (Å²) in [5.74, 6) is 0.803. The topological polar surface area (TPSA) is 59.0 Å². The molecule has 0 aliphatic carbocycles. The number of hydrogen-bond donors (Lipinski definition) is 1. The largest absolute Gasteiger partial charge is 0.497 e. The Morgan fingerprint density at radius 2 is 1.90 bits per heavy atom. The summed E-state index contributed by atoms with van der Waals surface area (Å²) in [6, 6.07) is 13.8. The molecule has 0 bridgehead atoms. The Kier molecular flexibility index (Phi) is 4.27. The van der Waals surface area contributed by atoms with Crippen LogP contribution in [0.2, 0.25) is 0 Å². The molecule has 2 rings (SSSR count). The quantitative estimate of drug-likeness (QED) is 0.857. The molecule has 0 aliphatic rings. The van der Waals surface area contributed by atoms with Crippen LogP contribution in [0.15, 0.2) is 36.4 Å². The molecule has 0 saturated carbocycles. The van der Waals surface area contributed by atoms with Crippen LogP contribution in [0.25, 0.3) is 11.1 Å². The van der Waals surface area contributed by atoms with Crippen molar-refractivity contribution in [1.29, 1.82) is 5.26 Å². The lowest BCUT2D eigenvalue weighted by Gasteiger charge is -2.11.